The first kappa shape index (κ1) is 8.19. The highest BCUT2D eigenvalue weighted by Crippen LogP contribution is 2.09. The molecule has 0 radical (unpaired) electrons. The van der Waals surface area contributed by atoms with E-state index >= 15 is 0 Å². The Morgan fingerprint density at radius 2 is 2.36 bits per heavy atom. The minimum Gasteiger partial charge on any atom is -0.448 e. The van der Waals surface area contributed by atoms with Gasteiger partial charge in [-0.25, -0.2) is 4.98 Å². The molecule has 62 valence electrons. The molecule has 0 saturated carbocycles. The third-order valence-corrected chi connectivity index (χ3v) is 1.77. The van der Waals surface area contributed by atoms with Crippen molar-refractivity contribution < 1.29 is 16.7 Å². The molecule has 4 nitrogen and oxygen atoms in total. The largest absolute Gasteiger partial charge is 0.448 e. The Hall–Kier alpha value is -0.910. The van der Waals surface area contributed by atoms with Crippen LogP contribution in [0.25, 0.3) is 0 Å². The molecule has 1 heterocycles. The Morgan fingerprint density at radius 3 is 2.73 bits per heavy atom. The summed E-state index contributed by atoms with van der Waals surface area (Å²) in [5.41, 5.74) is 0.118. The zero-order valence-corrected chi connectivity index (χ0v) is 6.56. The fraction of sp³-hybridized carbons (Fsp3) is 0.400. The summed E-state index contributed by atoms with van der Waals surface area (Å²) in [5, 5.41) is 0. The summed E-state index contributed by atoms with van der Waals surface area (Å²) in [6.07, 6.45) is 1.08. The van der Waals surface area contributed by atoms with Crippen LogP contribution in [-0.4, -0.2) is 13.4 Å². The van der Waals surface area contributed by atoms with Gasteiger partial charge >= 0.3 is 10.2 Å². The highest BCUT2D eigenvalue weighted by molar-refractivity contribution is 7.85. The summed E-state index contributed by atoms with van der Waals surface area (Å²) in [6, 6.07) is 0. The van der Waals surface area contributed by atoms with E-state index in [-0.39, 0.29) is 5.69 Å². The van der Waals surface area contributed by atoms with E-state index in [2.05, 4.69) is 9.40 Å². The first-order chi connectivity index (χ1) is 4.99. The summed E-state index contributed by atoms with van der Waals surface area (Å²) in [5.74, 6) is -0.388. The molecule has 0 amide bonds. The number of halogens is 1. The van der Waals surface area contributed by atoms with E-state index in [9.17, 15) is 12.3 Å². The van der Waals surface area contributed by atoms with Gasteiger partial charge in [0.2, 0.25) is 0 Å². The first-order valence-corrected chi connectivity index (χ1v) is 4.35. The van der Waals surface area contributed by atoms with Crippen molar-refractivity contribution in [3.8, 4) is 0 Å². The highest BCUT2D eigenvalue weighted by atomic mass is 32.3. The van der Waals surface area contributed by atoms with Gasteiger partial charge < -0.3 is 4.42 Å². The van der Waals surface area contributed by atoms with Crippen LogP contribution in [0.1, 0.15) is 11.5 Å². The van der Waals surface area contributed by atoms with Gasteiger partial charge in [0.05, 0.1) is 5.69 Å². The fourth-order valence-electron chi connectivity index (χ4n) is 0.630. The predicted octanol–water partition coefficient (Wildman–Crippen LogP) is 0.782. The average Bonchev–Trinajstić information content (AvgIpc) is 2.12. The molecule has 0 fully saturated rings. The molecular weight excluding hydrogens is 173 g/mol. The number of hydrogen-bond acceptors (Lipinski definition) is 4. The zero-order valence-electron chi connectivity index (χ0n) is 5.74. The highest BCUT2D eigenvalue weighted by Gasteiger charge is 2.13. The van der Waals surface area contributed by atoms with Crippen LogP contribution in [-0.2, 0) is 16.0 Å². The molecule has 1 rings (SSSR count). The topological polar surface area (TPSA) is 60.2 Å². The zero-order chi connectivity index (χ0) is 8.48. The summed E-state index contributed by atoms with van der Waals surface area (Å²) >= 11 is 0. The maximum atomic E-state index is 12.0. The fourth-order valence-corrected chi connectivity index (χ4v) is 1.23. The van der Waals surface area contributed by atoms with E-state index in [4.69, 9.17) is 0 Å². The molecule has 0 aromatic carbocycles. The Balaban J connectivity index is 2.89. The Kier molecular flexibility index (Phi) is 1.95. The molecule has 6 heteroatoms. The lowest BCUT2D eigenvalue weighted by molar-refractivity contribution is 0.523. The minimum absolute atomic E-state index is 0.118. The summed E-state index contributed by atoms with van der Waals surface area (Å²) in [7, 11) is -4.49. The summed E-state index contributed by atoms with van der Waals surface area (Å²) in [4.78, 5) is 3.52. The van der Waals surface area contributed by atoms with Crippen LogP contribution in [0.15, 0.2) is 10.8 Å². The van der Waals surface area contributed by atoms with Gasteiger partial charge in [-0.1, -0.05) is 0 Å². The SMILES string of the molecule is Cc1ocnc1CS(=O)(=O)F. The second kappa shape index (κ2) is 2.61. The first-order valence-electron chi connectivity index (χ1n) is 2.80. The molecular formula is C5H6FNO3S. The molecule has 0 aliphatic rings. The van der Waals surface area contributed by atoms with Crippen LogP contribution in [0.4, 0.5) is 3.89 Å². The van der Waals surface area contributed by atoms with Crippen LogP contribution < -0.4 is 0 Å². The average molecular weight is 179 g/mol. The van der Waals surface area contributed by atoms with Crippen molar-refractivity contribution >= 4 is 10.2 Å². The molecule has 0 spiro atoms. The Bertz CT molecular complexity index is 342. The third-order valence-electron chi connectivity index (χ3n) is 1.15. The lowest BCUT2D eigenvalue weighted by atomic mass is 10.4. The molecule has 0 bridgehead atoms. The van der Waals surface area contributed by atoms with Gasteiger partial charge in [0, 0.05) is 0 Å². The van der Waals surface area contributed by atoms with Gasteiger partial charge in [-0.2, -0.15) is 8.42 Å². The van der Waals surface area contributed by atoms with Crippen LogP contribution in [0.2, 0.25) is 0 Å². The van der Waals surface area contributed by atoms with Gasteiger partial charge in [-0.3, -0.25) is 0 Å². The number of aromatic nitrogens is 1. The predicted molar refractivity (Wildman–Crippen MR) is 35.0 cm³/mol. The van der Waals surface area contributed by atoms with Gasteiger partial charge in [0.25, 0.3) is 0 Å². The standard InChI is InChI=1S/C5H6FNO3S/c1-4-5(7-3-10-4)2-11(6,8)9/h3H,2H2,1H3. The Morgan fingerprint density at radius 1 is 1.73 bits per heavy atom. The maximum Gasteiger partial charge on any atom is 0.308 e. The van der Waals surface area contributed by atoms with E-state index in [1.54, 1.807) is 0 Å². The molecule has 11 heavy (non-hydrogen) atoms. The Labute approximate surface area is 63.3 Å². The number of oxazole rings is 1. The van der Waals surface area contributed by atoms with Crippen molar-refractivity contribution in [1.82, 2.24) is 4.98 Å². The van der Waals surface area contributed by atoms with Crippen molar-refractivity contribution in [2.24, 2.45) is 0 Å². The van der Waals surface area contributed by atoms with E-state index in [1.807, 2.05) is 0 Å². The van der Waals surface area contributed by atoms with Crippen molar-refractivity contribution in [2.75, 3.05) is 0 Å². The lowest BCUT2D eigenvalue weighted by Gasteiger charge is -1.89. The van der Waals surface area contributed by atoms with Crippen molar-refractivity contribution in [1.29, 1.82) is 0 Å². The molecule has 0 atom stereocenters. The third kappa shape index (κ3) is 2.30. The summed E-state index contributed by atoms with van der Waals surface area (Å²) < 4.78 is 36.9. The number of nitrogens with zero attached hydrogens (tertiary/aromatic N) is 1. The molecule has 0 saturated heterocycles. The number of aryl methyl sites for hydroxylation is 1. The second-order valence-corrected chi connectivity index (χ2v) is 3.40. The van der Waals surface area contributed by atoms with Crippen molar-refractivity contribution in [2.45, 2.75) is 12.7 Å². The molecule has 0 aliphatic heterocycles. The monoisotopic (exact) mass is 179 g/mol. The minimum atomic E-state index is -4.49. The maximum absolute atomic E-state index is 12.0. The van der Waals surface area contributed by atoms with E-state index in [1.165, 1.54) is 6.92 Å². The van der Waals surface area contributed by atoms with E-state index in [0.29, 0.717) is 5.76 Å². The molecule has 1 aromatic heterocycles. The lowest BCUT2D eigenvalue weighted by Crippen LogP contribution is -1.97. The van der Waals surface area contributed by atoms with E-state index in [0.717, 1.165) is 6.39 Å². The molecule has 0 unspecified atom stereocenters. The van der Waals surface area contributed by atoms with Gasteiger partial charge in [0.15, 0.2) is 6.39 Å². The van der Waals surface area contributed by atoms with Crippen LogP contribution >= 0.6 is 0 Å². The van der Waals surface area contributed by atoms with Crippen LogP contribution in [0.5, 0.6) is 0 Å². The van der Waals surface area contributed by atoms with Crippen molar-refractivity contribution in [3.63, 3.8) is 0 Å². The van der Waals surface area contributed by atoms with E-state index < -0.39 is 16.0 Å². The van der Waals surface area contributed by atoms with Crippen LogP contribution in [0.3, 0.4) is 0 Å². The van der Waals surface area contributed by atoms with Gasteiger partial charge in [-0.05, 0) is 6.92 Å². The van der Waals surface area contributed by atoms with Gasteiger partial charge in [-0.15, -0.1) is 3.89 Å². The molecule has 1 aromatic rings. The smallest absolute Gasteiger partial charge is 0.308 e. The van der Waals surface area contributed by atoms with Crippen molar-refractivity contribution in [3.05, 3.63) is 17.8 Å². The van der Waals surface area contributed by atoms with Crippen LogP contribution in [0, 0.1) is 6.92 Å². The molecule has 0 aliphatic carbocycles. The number of rotatable bonds is 2. The number of hydrogen-bond donors (Lipinski definition) is 0. The quantitative estimate of drug-likeness (QED) is 0.629. The second-order valence-electron chi connectivity index (χ2n) is 2.04. The summed E-state index contributed by atoms with van der Waals surface area (Å²) in [6.45, 7) is 1.52. The molecule has 0 N–H and O–H groups in total. The normalized spacial score (nSPS) is 11.8. The van der Waals surface area contributed by atoms with Gasteiger partial charge in [0.1, 0.15) is 11.5 Å².